The summed E-state index contributed by atoms with van der Waals surface area (Å²) in [7, 11) is 0. The van der Waals surface area contributed by atoms with Gasteiger partial charge in [-0.15, -0.1) is 0 Å². The summed E-state index contributed by atoms with van der Waals surface area (Å²) in [6, 6.07) is 13.2. The van der Waals surface area contributed by atoms with E-state index < -0.39 is 6.03 Å². The van der Waals surface area contributed by atoms with E-state index in [0.717, 1.165) is 39.5 Å². The highest BCUT2D eigenvalue weighted by atomic mass is 32.1. The third-order valence-electron chi connectivity index (χ3n) is 6.46. The second kappa shape index (κ2) is 9.73. The Morgan fingerprint density at radius 3 is 2.76 bits per heavy atom. The van der Waals surface area contributed by atoms with Crippen molar-refractivity contribution in [3.63, 3.8) is 0 Å². The molecule has 0 aliphatic carbocycles. The minimum absolute atomic E-state index is 0.187. The van der Waals surface area contributed by atoms with Gasteiger partial charge in [-0.1, -0.05) is 49.4 Å². The first-order chi connectivity index (χ1) is 18.3. The van der Waals surface area contributed by atoms with Crippen LogP contribution in [0.1, 0.15) is 39.4 Å². The van der Waals surface area contributed by atoms with E-state index in [-0.39, 0.29) is 5.41 Å². The van der Waals surface area contributed by atoms with Gasteiger partial charge in [0.15, 0.2) is 10.8 Å². The number of anilines is 2. The van der Waals surface area contributed by atoms with Crippen LogP contribution in [-0.4, -0.2) is 44.7 Å². The molecule has 1 aliphatic rings. The van der Waals surface area contributed by atoms with Crippen LogP contribution in [0.4, 0.5) is 16.3 Å². The van der Waals surface area contributed by atoms with Crippen LogP contribution in [0.15, 0.2) is 53.2 Å². The fourth-order valence-electron chi connectivity index (χ4n) is 4.36. The molecule has 0 unspecified atom stereocenters. The molecule has 0 radical (unpaired) electrons. The van der Waals surface area contributed by atoms with E-state index in [0.29, 0.717) is 35.8 Å². The van der Waals surface area contributed by atoms with Crippen molar-refractivity contribution in [2.75, 3.05) is 23.8 Å². The summed E-state index contributed by atoms with van der Waals surface area (Å²) in [4.78, 5) is 23.6. The van der Waals surface area contributed by atoms with Crippen molar-refractivity contribution in [1.29, 1.82) is 0 Å². The number of fused-ring (bicyclic) bond motifs is 3. The summed E-state index contributed by atoms with van der Waals surface area (Å²) in [5.41, 5.74) is 3.25. The second-order valence-electron chi connectivity index (χ2n) is 10.4. The number of carbonyl (C=O) groups excluding carboxylic acids is 1. The monoisotopic (exact) mass is 531 g/mol. The SMILES string of the molecule is CC(C)(C)c1cc(NC(=O)Nc2ccc(-c3cn4c(n3)sc3nc(OC[C@@H]5CCCN5)ccc34)cc2)no1. The summed E-state index contributed by atoms with van der Waals surface area (Å²) in [5.74, 6) is 1.71. The maximum Gasteiger partial charge on any atom is 0.324 e. The lowest BCUT2D eigenvalue weighted by molar-refractivity contribution is 0.262. The van der Waals surface area contributed by atoms with Crippen molar-refractivity contribution in [3.05, 3.63) is 54.4 Å². The Balaban J connectivity index is 1.11. The molecule has 10 nitrogen and oxygen atoms in total. The van der Waals surface area contributed by atoms with Gasteiger partial charge in [-0.25, -0.2) is 14.8 Å². The number of pyridine rings is 1. The summed E-state index contributed by atoms with van der Waals surface area (Å²) >= 11 is 1.53. The van der Waals surface area contributed by atoms with Crippen LogP contribution < -0.4 is 20.7 Å². The molecule has 5 aromatic rings. The number of nitrogens with zero attached hydrogens (tertiary/aromatic N) is 4. The second-order valence-corrected chi connectivity index (χ2v) is 11.4. The zero-order valence-electron chi connectivity index (χ0n) is 21.4. The maximum atomic E-state index is 12.4. The summed E-state index contributed by atoms with van der Waals surface area (Å²) in [6.45, 7) is 7.74. The van der Waals surface area contributed by atoms with E-state index in [9.17, 15) is 4.79 Å². The number of ether oxygens (including phenoxy) is 1. The summed E-state index contributed by atoms with van der Waals surface area (Å²) in [5, 5.41) is 12.9. The first-order valence-electron chi connectivity index (χ1n) is 12.6. The van der Waals surface area contributed by atoms with Gasteiger partial charge in [-0.05, 0) is 37.6 Å². The van der Waals surface area contributed by atoms with E-state index in [1.54, 1.807) is 6.07 Å². The van der Waals surface area contributed by atoms with Crippen molar-refractivity contribution in [2.24, 2.45) is 0 Å². The smallest absolute Gasteiger partial charge is 0.324 e. The van der Waals surface area contributed by atoms with E-state index in [4.69, 9.17) is 14.2 Å². The molecule has 1 fully saturated rings. The number of rotatable bonds is 6. The number of nitrogens with one attached hydrogen (secondary N) is 3. The van der Waals surface area contributed by atoms with Gasteiger partial charge >= 0.3 is 6.03 Å². The first kappa shape index (κ1) is 24.4. The molecule has 6 rings (SSSR count). The number of hydrogen-bond donors (Lipinski definition) is 3. The molecule has 1 aliphatic heterocycles. The lowest BCUT2D eigenvalue weighted by Crippen LogP contribution is -2.28. The molecule has 0 bridgehead atoms. The topological polar surface area (TPSA) is 119 Å². The average molecular weight is 532 g/mol. The van der Waals surface area contributed by atoms with Crippen molar-refractivity contribution in [2.45, 2.75) is 45.1 Å². The molecular formula is C27H29N7O3S. The van der Waals surface area contributed by atoms with Gasteiger partial charge in [-0.2, -0.15) is 0 Å². The standard InChI is InChI=1S/C27H29N7O3S/c1-27(2,3)21-13-22(33-37-21)31-25(35)29-17-8-6-16(7-9-17)19-14-34-20-10-11-23(32-24(20)38-26(34)30-19)36-15-18-5-4-12-28-18/h6-11,13-14,18,28H,4-5,12,15H2,1-3H3,(H2,29,31,33,35)/t18-/m0/s1. The van der Waals surface area contributed by atoms with Crippen LogP contribution in [0.2, 0.25) is 0 Å². The van der Waals surface area contributed by atoms with Gasteiger partial charge in [0.2, 0.25) is 5.88 Å². The molecule has 11 heteroatoms. The van der Waals surface area contributed by atoms with Crippen molar-refractivity contribution >= 4 is 44.2 Å². The van der Waals surface area contributed by atoms with Gasteiger partial charge in [-0.3, -0.25) is 9.72 Å². The van der Waals surface area contributed by atoms with Crippen LogP contribution in [-0.2, 0) is 5.41 Å². The van der Waals surface area contributed by atoms with E-state index in [2.05, 4.69) is 26.1 Å². The lowest BCUT2D eigenvalue weighted by Gasteiger charge is -2.12. The van der Waals surface area contributed by atoms with E-state index in [1.807, 2.05) is 67.8 Å². The highest BCUT2D eigenvalue weighted by Gasteiger charge is 2.20. The highest BCUT2D eigenvalue weighted by molar-refractivity contribution is 7.23. The minimum Gasteiger partial charge on any atom is -0.476 e. The van der Waals surface area contributed by atoms with Crippen LogP contribution in [0.3, 0.4) is 0 Å². The lowest BCUT2D eigenvalue weighted by atomic mass is 9.93. The predicted octanol–water partition coefficient (Wildman–Crippen LogP) is 5.67. The molecule has 0 saturated carbocycles. The molecule has 4 aromatic heterocycles. The van der Waals surface area contributed by atoms with Gasteiger partial charge in [0.25, 0.3) is 0 Å². The van der Waals surface area contributed by atoms with Gasteiger partial charge < -0.3 is 19.9 Å². The largest absolute Gasteiger partial charge is 0.476 e. The Morgan fingerprint density at radius 1 is 1.18 bits per heavy atom. The molecule has 196 valence electrons. The molecule has 1 atom stereocenters. The highest BCUT2D eigenvalue weighted by Crippen LogP contribution is 2.30. The van der Waals surface area contributed by atoms with Crippen LogP contribution in [0, 0.1) is 0 Å². The molecular weight excluding hydrogens is 502 g/mol. The van der Waals surface area contributed by atoms with Crippen molar-refractivity contribution < 1.29 is 14.1 Å². The van der Waals surface area contributed by atoms with Crippen LogP contribution >= 0.6 is 11.3 Å². The quantitative estimate of drug-likeness (QED) is 0.258. The number of imidazole rings is 1. The zero-order chi connectivity index (χ0) is 26.3. The number of benzene rings is 1. The van der Waals surface area contributed by atoms with Gasteiger partial charge in [0.1, 0.15) is 17.2 Å². The summed E-state index contributed by atoms with van der Waals surface area (Å²) in [6.07, 6.45) is 4.34. The van der Waals surface area contributed by atoms with Crippen LogP contribution in [0.25, 0.3) is 26.6 Å². The Morgan fingerprint density at radius 2 is 2.03 bits per heavy atom. The molecule has 1 saturated heterocycles. The van der Waals surface area contributed by atoms with Crippen molar-refractivity contribution in [1.82, 2.24) is 24.8 Å². The summed E-state index contributed by atoms with van der Waals surface area (Å²) < 4.78 is 13.3. The van der Waals surface area contributed by atoms with E-state index >= 15 is 0 Å². The number of carbonyl (C=O) groups is 1. The fourth-order valence-corrected chi connectivity index (χ4v) is 5.34. The first-order valence-corrected chi connectivity index (χ1v) is 13.4. The number of hydrogen-bond acceptors (Lipinski definition) is 8. The van der Waals surface area contributed by atoms with E-state index in [1.165, 1.54) is 17.8 Å². The van der Waals surface area contributed by atoms with Crippen molar-refractivity contribution in [3.8, 4) is 17.1 Å². The minimum atomic E-state index is -0.393. The Bertz CT molecular complexity index is 1590. The Kier molecular flexibility index (Phi) is 6.24. The van der Waals surface area contributed by atoms with Crippen LogP contribution in [0.5, 0.6) is 5.88 Å². The number of amides is 2. The maximum absolute atomic E-state index is 12.4. The normalized spacial score (nSPS) is 15.8. The fraction of sp³-hybridized carbons (Fsp3) is 0.333. The number of urea groups is 1. The van der Waals surface area contributed by atoms with Gasteiger partial charge in [0, 0.05) is 41.0 Å². The predicted molar refractivity (Wildman–Crippen MR) is 148 cm³/mol. The zero-order valence-corrected chi connectivity index (χ0v) is 22.3. The Labute approximate surface area is 223 Å². The Hall–Kier alpha value is -3.96. The average Bonchev–Trinajstić information content (AvgIpc) is 3.67. The number of thiazole rings is 1. The molecule has 38 heavy (non-hydrogen) atoms. The molecule has 0 spiro atoms. The number of aromatic nitrogens is 4. The molecule has 2 amide bonds. The van der Waals surface area contributed by atoms with Gasteiger partial charge in [0.05, 0.1) is 11.2 Å². The third kappa shape index (κ3) is 5.07. The third-order valence-corrected chi connectivity index (χ3v) is 7.42. The molecule has 1 aromatic carbocycles. The molecule has 3 N–H and O–H groups in total. The molecule has 5 heterocycles.